The molecule has 2 fully saturated rings. The Balaban J connectivity index is 1.82. The Morgan fingerprint density at radius 3 is 2.24 bits per heavy atom. The van der Waals surface area contributed by atoms with Gasteiger partial charge in [-0.3, -0.25) is 4.57 Å². The lowest BCUT2D eigenvalue weighted by atomic mass is 9.95. The number of anilines is 1. The van der Waals surface area contributed by atoms with Gasteiger partial charge in [-0.25, -0.2) is 5.10 Å². The first-order chi connectivity index (χ1) is 10.3. The molecule has 0 saturated heterocycles. The monoisotopic (exact) mass is 308 g/mol. The highest BCUT2D eigenvalue weighted by molar-refractivity contribution is 7.71. The summed E-state index contributed by atoms with van der Waals surface area (Å²) in [5.41, 5.74) is 0. The molecule has 3 rings (SSSR count). The zero-order valence-corrected chi connectivity index (χ0v) is 14.0. The van der Waals surface area contributed by atoms with Gasteiger partial charge in [-0.15, -0.1) is 5.10 Å². The summed E-state index contributed by atoms with van der Waals surface area (Å²) in [4.78, 5) is 2.40. The third-order valence-corrected chi connectivity index (χ3v) is 5.60. The number of rotatable bonds is 3. The van der Waals surface area contributed by atoms with Gasteiger partial charge in [-0.05, 0) is 37.9 Å². The van der Waals surface area contributed by atoms with E-state index in [-0.39, 0.29) is 0 Å². The number of hydrogen-bond donors (Lipinski definition) is 1. The molecule has 1 heterocycles. The second-order valence-corrected chi connectivity index (χ2v) is 7.13. The summed E-state index contributed by atoms with van der Waals surface area (Å²) in [6.45, 7) is 0. The minimum atomic E-state index is 0.549. The number of aromatic nitrogens is 3. The highest BCUT2D eigenvalue weighted by Crippen LogP contribution is 2.32. The largest absolute Gasteiger partial charge is 0.341 e. The molecule has 1 aromatic heterocycles. The fourth-order valence-corrected chi connectivity index (χ4v) is 4.30. The van der Waals surface area contributed by atoms with Gasteiger partial charge in [-0.1, -0.05) is 44.9 Å². The summed E-state index contributed by atoms with van der Waals surface area (Å²) >= 11 is 5.52. The normalized spacial score (nSPS) is 22.1. The fraction of sp³-hybridized carbons (Fsp3) is 0.875. The third-order valence-electron chi connectivity index (χ3n) is 5.31. The van der Waals surface area contributed by atoms with Crippen LogP contribution in [0, 0.1) is 4.77 Å². The van der Waals surface area contributed by atoms with Crippen LogP contribution in [0.4, 0.5) is 5.95 Å². The molecule has 0 spiro atoms. The number of H-pyrrole nitrogens is 1. The smallest absolute Gasteiger partial charge is 0.225 e. The van der Waals surface area contributed by atoms with Gasteiger partial charge in [0.15, 0.2) is 4.77 Å². The van der Waals surface area contributed by atoms with Crippen molar-refractivity contribution in [2.75, 3.05) is 11.9 Å². The summed E-state index contributed by atoms with van der Waals surface area (Å²) in [6.07, 6.45) is 14.6. The molecule has 21 heavy (non-hydrogen) atoms. The summed E-state index contributed by atoms with van der Waals surface area (Å²) < 4.78 is 3.11. The van der Waals surface area contributed by atoms with E-state index in [1.54, 1.807) is 0 Å². The zero-order valence-electron chi connectivity index (χ0n) is 13.2. The highest BCUT2D eigenvalue weighted by Gasteiger charge is 2.25. The summed E-state index contributed by atoms with van der Waals surface area (Å²) in [5, 5.41) is 7.61. The SMILES string of the molecule is CN(c1n[nH]c(=S)n1C1CCCCC1)C1CCCCCC1. The first kappa shape index (κ1) is 15.1. The van der Waals surface area contributed by atoms with Crippen molar-refractivity contribution in [3.8, 4) is 0 Å². The minimum absolute atomic E-state index is 0.549. The number of nitrogens with one attached hydrogen (secondary N) is 1. The van der Waals surface area contributed by atoms with E-state index in [0.29, 0.717) is 12.1 Å². The molecule has 4 nitrogen and oxygen atoms in total. The molecule has 2 saturated carbocycles. The van der Waals surface area contributed by atoms with Crippen LogP contribution in [0.3, 0.4) is 0 Å². The van der Waals surface area contributed by atoms with E-state index in [0.717, 1.165) is 10.7 Å². The standard InChI is InChI=1S/C16H28N4S/c1-19(13-9-5-2-3-6-10-13)15-17-18-16(21)20(15)14-11-7-4-8-12-14/h13-14H,2-12H2,1H3,(H,18,21). The number of aromatic amines is 1. The maximum atomic E-state index is 5.52. The van der Waals surface area contributed by atoms with Gasteiger partial charge in [0.1, 0.15) is 0 Å². The first-order valence-corrected chi connectivity index (χ1v) is 9.08. The Morgan fingerprint density at radius 1 is 1.00 bits per heavy atom. The van der Waals surface area contributed by atoms with Crippen molar-refractivity contribution in [2.24, 2.45) is 0 Å². The molecule has 0 unspecified atom stereocenters. The van der Waals surface area contributed by atoms with Crippen molar-refractivity contribution in [3.05, 3.63) is 4.77 Å². The fourth-order valence-electron chi connectivity index (χ4n) is 4.02. The van der Waals surface area contributed by atoms with Crippen LogP contribution in [0.1, 0.15) is 76.7 Å². The molecule has 2 aliphatic carbocycles. The van der Waals surface area contributed by atoms with Crippen LogP contribution in [0.5, 0.6) is 0 Å². The van der Waals surface area contributed by atoms with Crippen LogP contribution < -0.4 is 4.90 Å². The van der Waals surface area contributed by atoms with Crippen molar-refractivity contribution in [1.82, 2.24) is 14.8 Å². The summed E-state index contributed by atoms with van der Waals surface area (Å²) in [6, 6.07) is 1.17. The second-order valence-electron chi connectivity index (χ2n) is 6.75. The third kappa shape index (κ3) is 3.33. The average Bonchev–Trinajstić information content (AvgIpc) is 2.74. The Morgan fingerprint density at radius 2 is 1.57 bits per heavy atom. The van der Waals surface area contributed by atoms with E-state index in [1.165, 1.54) is 70.6 Å². The maximum absolute atomic E-state index is 5.52. The summed E-state index contributed by atoms with van der Waals surface area (Å²) in [7, 11) is 2.21. The van der Waals surface area contributed by atoms with E-state index < -0.39 is 0 Å². The first-order valence-electron chi connectivity index (χ1n) is 8.67. The van der Waals surface area contributed by atoms with Crippen molar-refractivity contribution in [1.29, 1.82) is 0 Å². The molecular weight excluding hydrogens is 280 g/mol. The van der Waals surface area contributed by atoms with Crippen molar-refractivity contribution < 1.29 is 0 Å². The van der Waals surface area contributed by atoms with E-state index >= 15 is 0 Å². The van der Waals surface area contributed by atoms with Crippen LogP contribution in [0.25, 0.3) is 0 Å². The van der Waals surface area contributed by atoms with Crippen molar-refractivity contribution in [2.45, 2.75) is 82.7 Å². The van der Waals surface area contributed by atoms with Gasteiger partial charge in [0, 0.05) is 19.1 Å². The molecule has 0 aromatic carbocycles. The molecular formula is C16H28N4S. The zero-order chi connectivity index (χ0) is 14.7. The van der Waals surface area contributed by atoms with Crippen molar-refractivity contribution >= 4 is 18.2 Å². The predicted octanol–water partition coefficient (Wildman–Crippen LogP) is 4.60. The Labute approximate surface area is 132 Å². The van der Waals surface area contributed by atoms with E-state index in [1.807, 2.05) is 0 Å². The molecule has 2 aliphatic rings. The molecule has 118 valence electrons. The molecule has 0 radical (unpaired) electrons. The number of nitrogens with zero attached hydrogens (tertiary/aromatic N) is 3. The molecule has 5 heteroatoms. The van der Waals surface area contributed by atoms with Gasteiger partial charge in [0.05, 0.1) is 0 Å². The van der Waals surface area contributed by atoms with Gasteiger partial charge in [-0.2, -0.15) is 0 Å². The van der Waals surface area contributed by atoms with Crippen LogP contribution >= 0.6 is 12.2 Å². The lowest BCUT2D eigenvalue weighted by molar-refractivity contribution is 0.348. The molecule has 0 atom stereocenters. The van der Waals surface area contributed by atoms with Crippen LogP contribution in [0.15, 0.2) is 0 Å². The topological polar surface area (TPSA) is 36.9 Å². The van der Waals surface area contributed by atoms with Gasteiger partial charge in [0.2, 0.25) is 5.95 Å². The quantitative estimate of drug-likeness (QED) is 0.654. The lowest BCUT2D eigenvalue weighted by Gasteiger charge is -2.31. The highest BCUT2D eigenvalue weighted by atomic mass is 32.1. The van der Waals surface area contributed by atoms with Gasteiger partial charge >= 0.3 is 0 Å². The average molecular weight is 308 g/mol. The van der Waals surface area contributed by atoms with Crippen LogP contribution in [0.2, 0.25) is 0 Å². The molecule has 0 amide bonds. The molecule has 1 aromatic rings. The van der Waals surface area contributed by atoms with Crippen molar-refractivity contribution in [3.63, 3.8) is 0 Å². The Hall–Kier alpha value is -0.840. The molecule has 0 bridgehead atoms. The Kier molecular flexibility index (Phi) is 4.99. The molecule has 0 aliphatic heterocycles. The second kappa shape index (κ2) is 6.95. The van der Waals surface area contributed by atoms with E-state index in [9.17, 15) is 0 Å². The van der Waals surface area contributed by atoms with Gasteiger partial charge < -0.3 is 4.90 Å². The molecule has 1 N–H and O–H groups in total. The predicted molar refractivity (Wildman–Crippen MR) is 89.4 cm³/mol. The number of hydrogen-bond acceptors (Lipinski definition) is 3. The minimum Gasteiger partial charge on any atom is -0.341 e. The van der Waals surface area contributed by atoms with Gasteiger partial charge in [0.25, 0.3) is 0 Å². The lowest BCUT2D eigenvalue weighted by Crippen LogP contribution is -2.34. The van der Waals surface area contributed by atoms with E-state index in [4.69, 9.17) is 12.2 Å². The van der Waals surface area contributed by atoms with Crippen LogP contribution in [-0.2, 0) is 0 Å². The van der Waals surface area contributed by atoms with Crippen LogP contribution in [-0.4, -0.2) is 27.9 Å². The summed E-state index contributed by atoms with van der Waals surface area (Å²) in [5.74, 6) is 1.07. The Bertz CT molecular complexity index is 493. The van der Waals surface area contributed by atoms with E-state index in [2.05, 4.69) is 26.7 Å². The maximum Gasteiger partial charge on any atom is 0.225 e.